The van der Waals surface area contributed by atoms with Gasteiger partial charge in [-0.15, -0.1) is 0 Å². The molecule has 5 heteroatoms. The zero-order chi connectivity index (χ0) is 13.6. The van der Waals surface area contributed by atoms with Crippen LogP contribution in [-0.2, 0) is 16.4 Å². The lowest BCUT2D eigenvalue weighted by molar-refractivity contribution is -0.141. The Morgan fingerprint density at radius 3 is 2.44 bits per heavy atom. The average molecular weight is 258 g/mol. The van der Waals surface area contributed by atoms with Gasteiger partial charge in [-0.05, 0) is 37.0 Å². The number of carbonyl (C=O) groups is 1. The molecule has 0 unspecified atom stereocenters. The maximum atomic E-state index is 13.0. The van der Waals surface area contributed by atoms with Gasteiger partial charge in [-0.25, -0.2) is 0 Å². The molecule has 2 nitrogen and oxygen atoms in total. The fourth-order valence-electron chi connectivity index (χ4n) is 2.56. The molecule has 0 aliphatic heterocycles. The Kier molecular flexibility index (Phi) is 2.87. The van der Waals surface area contributed by atoms with E-state index in [1.165, 1.54) is 6.07 Å². The molecule has 0 spiro atoms. The molecule has 0 bridgehead atoms. The van der Waals surface area contributed by atoms with Gasteiger partial charge in [-0.3, -0.25) is 4.79 Å². The first-order valence-electron chi connectivity index (χ1n) is 5.65. The lowest BCUT2D eigenvalue weighted by atomic mass is 9.85. The van der Waals surface area contributed by atoms with Crippen molar-refractivity contribution in [2.24, 2.45) is 0 Å². The first-order valence-corrected chi connectivity index (χ1v) is 5.65. The van der Waals surface area contributed by atoms with E-state index in [1.54, 1.807) is 13.0 Å². The molecule has 0 heterocycles. The minimum atomic E-state index is -4.44. The zero-order valence-electron chi connectivity index (χ0n) is 9.84. The number of hydrogen-bond donors (Lipinski definition) is 1. The maximum absolute atomic E-state index is 13.0. The number of hydrogen-bond acceptors (Lipinski definition) is 1. The molecular formula is C13H13F3O2. The first-order chi connectivity index (χ1) is 8.26. The Balaban J connectivity index is 2.53. The molecule has 1 aromatic rings. The van der Waals surface area contributed by atoms with Gasteiger partial charge in [-0.2, -0.15) is 13.2 Å². The van der Waals surface area contributed by atoms with Crippen LogP contribution in [0.5, 0.6) is 0 Å². The molecule has 0 atom stereocenters. The van der Waals surface area contributed by atoms with Crippen molar-refractivity contribution < 1.29 is 23.1 Å². The van der Waals surface area contributed by atoms with Crippen LogP contribution in [0.25, 0.3) is 0 Å². The summed E-state index contributed by atoms with van der Waals surface area (Å²) in [5.41, 5.74) is -0.827. The van der Waals surface area contributed by atoms with E-state index in [0.29, 0.717) is 18.4 Å². The number of alkyl halides is 3. The second-order valence-electron chi connectivity index (χ2n) is 4.85. The van der Waals surface area contributed by atoms with Crippen molar-refractivity contribution >= 4 is 5.97 Å². The van der Waals surface area contributed by atoms with Gasteiger partial charge in [0, 0.05) is 5.41 Å². The van der Waals surface area contributed by atoms with Crippen LogP contribution in [0.4, 0.5) is 13.2 Å². The Morgan fingerprint density at radius 2 is 2.00 bits per heavy atom. The maximum Gasteiger partial charge on any atom is 0.416 e. The fourth-order valence-corrected chi connectivity index (χ4v) is 2.56. The van der Waals surface area contributed by atoms with Crippen molar-refractivity contribution in [3.8, 4) is 0 Å². The van der Waals surface area contributed by atoms with Crippen molar-refractivity contribution in [3.63, 3.8) is 0 Å². The molecule has 18 heavy (non-hydrogen) atoms. The molecule has 1 N–H and O–H groups in total. The van der Waals surface area contributed by atoms with Crippen LogP contribution in [0, 0.1) is 6.92 Å². The van der Waals surface area contributed by atoms with E-state index < -0.39 is 23.1 Å². The third-order valence-corrected chi connectivity index (χ3v) is 3.45. The highest BCUT2D eigenvalue weighted by Crippen LogP contribution is 2.55. The van der Waals surface area contributed by atoms with Gasteiger partial charge in [0.05, 0.1) is 12.0 Å². The Morgan fingerprint density at radius 1 is 1.39 bits per heavy atom. The van der Waals surface area contributed by atoms with Crippen LogP contribution < -0.4 is 0 Å². The number of rotatable bonds is 3. The van der Waals surface area contributed by atoms with Crippen LogP contribution in [0.15, 0.2) is 18.2 Å². The summed E-state index contributed by atoms with van der Waals surface area (Å²) in [6.45, 7) is 1.60. The SMILES string of the molecule is Cc1cccc(C(F)(F)F)c1C1(CC(=O)O)CC1. The quantitative estimate of drug-likeness (QED) is 0.900. The van der Waals surface area contributed by atoms with Gasteiger partial charge < -0.3 is 5.11 Å². The number of carboxylic acid groups (broad SMARTS) is 1. The van der Waals surface area contributed by atoms with E-state index >= 15 is 0 Å². The van der Waals surface area contributed by atoms with E-state index in [0.717, 1.165) is 6.07 Å². The molecule has 98 valence electrons. The highest BCUT2D eigenvalue weighted by atomic mass is 19.4. The van der Waals surface area contributed by atoms with Gasteiger partial charge in [0.15, 0.2) is 0 Å². The predicted octanol–water partition coefficient (Wildman–Crippen LogP) is 3.52. The molecule has 1 aliphatic rings. The lowest BCUT2D eigenvalue weighted by Gasteiger charge is -2.22. The topological polar surface area (TPSA) is 37.3 Å². The second kappa shape index (κ2) is 4.00. The van der Waals surface area contributed by atoms with E-state index in [1.807, 2.05) is 0 Å². The highest BCUT2D eigenvalue weighted by molar-refractivity contribution is 5.70. The summed E-state index contributed by atoms with van der Waals surface area (Å²) in [7, 11) is 0. The van der Waals surface area contributed by atoms with Crippen LogP contribution >= 0.6 is 0 Å². The van der Waals surface area contributed by atoms with Gasteiger partial charge in [0.25, 0.3) is 0 Å². The Bertz CT molecular complexity index is 487. The van der Waals surface area contributed by atoms with Crippen LogP contribution in [0.1, 0.15) is 36.0 Å². The zero-order valence-corrected chi connectivity index (χ0v) is 9.84. The third-order valence-electron chi connectivity index (χ3n) is 3.45. The average Bonchev–Trinajstić information content (AvgIpc) is 2.95. The molecule has 1 aromatic carbocycles. The largest absolute Gasteiger partial charge is 0.481 e. The van der Waals surface area contributed by atoms with Gasteiger partial charge in [-0.1, -0.05) is 12.1 Å². The number of aliphatic carboxylic acids is 1. The van der Waals surface area contributed by atoms with Crippen molar-refractivity contribution in [3.05, 3.63) is 34.9 Å². The fraction of sp³-hybridized carbons (Fsp3) is 0.462. The molecule has 1 fully saturated rings. The van der Waals surface area contributed by atoms with Crippen LogP contribution in [0.2, 0.25) is 0 Å². The summed E-state index contributed by atoms with van der Waals surface area (Å²) in [6.07, 6.45) is -3.66. The Labute approximate surface area is 102 Å². The highest BCUT2D eigenvalue weighted by Gasteiger charge is 2.51. The molecule has 0 amide bonds. The normalized spacial score (nSPS) is 17.6. The summed E-state index contributed by atoms with van der Waals surface area (Å²) in [4.78, 5) is 10.8. The monoisotopic (exact) mass is 258 g/mol. The summed E-state index contributed by atoms with van der Waals surface area (Å²) in [6, 6.07) is 4.00. The summed E-state index contributed by atoms with van der Waals surface area (Å²) < 4.78 is 38.9. The van der Waals surface area contributed by atoms with Gasteiger partial charge in [0.1, 0.15) is 0 Å². The van der Waals surface area contributed by atoms with Gasteiger partial charge in [0.2, 0.25) is 0 Å². The standard InChI is InChI=1S/C13H13F3O2/c1-8-3-2-4-9(13(14,15)16)11(8)12(5-6-12)7-10(17)18/h2-4H,5-7H2,1H3,(H,17,18). The number of carboxylic acids is 1. The molecule has 0 saturated heterocycles. The summed E-state index contributed by atoms with van der Waals surface area (Å²) in [5.74, 6) is -1.05. The minimum Gasteiger partial charge on any atom is -0.481 e. The molecule has 2 rings (SSSR count). The lowest BCUT2D eigenvalue weighted by Crippen LogP contribution is -2.20. The molecule has 1 saturated carbocycles. The third kappa shape index (κ3) is 2.21. The second-order valence-corrected chi connectivity index (χ2v) is 4.85. The van der Waals surface area contributed by atoms with Crippen molar-refractivity contribution in [1.29, 1.82) is 0 Å². The number of benzene rings is 1. The molecule has 0 aromatic heterocycles. The number of aryl methyl sites for hydroxylation is 1. The van der Waals surface area contributed by atoms with E-state index in [-0.39, 0.29) is 12.0 Å². The Hall–Kier alpha value is -1.52. The van der Waals surface area contributed by atoms with Crippen molar-refractivity contribution in [2.45, 2.75) is 37.8 Å². The smallest absolute Gasteiger partial charge is 0.416 e. The minimum absolute atomic E-state index is 0.167. The summed E-state index contributed by atoms with van der Waals surface area (Å²) in [5, 5.41) is 8.85. The molecular weight excluding hydrogens is 245 g/mol. The van der Waals surface area contributed by atoms with Gasteiger partial charge >= 0.3 is 12.1 Å². The van der Waals surface area contributed by atoms with Crippen molar-refractivity contribution in [1.82, 2.24) is 0 Å². The van der Waals surface area contributed by atoms with E-state index in [9.17, 15) is 18.0 Å². The van der Waals surface area contributed by atoms with E-state index in [2.05, 4.69) is 0 Å². The number of halogens is 3. The van der Waals surface area contributed by atoms with E-state index in [4.69, 9.17) is 5.11 Å². The molecule has 0 radical (unpaired) electrons. The summed E-state index contributed by atoms with van der Waals surface area (Å²) >= 11 is 0. The first kappa shape index (κ1) is 12.9. The predicted molar refractivity (Wildman–Crippen MR) is 59.3 cm³/mol. The molecule has 1 aliphatic carbocycles. The van der Waals surface area contributed by atoms with Crippen molar-refractivity contribution in [2.75, 3.05) is 0 Å². The van der Waals surface area contributed by atoms with Crippen LogP contribution in [-0.4, -0.2) is 11.1 Å². The van der Waals surface area contributed by atoms with Crippen LogP contribution in [0.3, 0.4) is 0 Å².